The van der Waals surface area contributed by atoms with Gasteiger partial charge in [-0.2, -0.15) is 0 Å². The van der Waals surface area contributed by atoms with Gasteiger partial charge in [-0.25, -0.2) is 0 Å². The molecule has 0 aliphatic heterocycles. The van der Waals surface area contributed by atoms with Crippen molar-refractivity contribution in [2.24, 2.45) is 0 Å². The third kappa shape index (κ3) is 33.4. The molecule has 0 fully saturated rings. The molecule has 4 N–H and O–H groups in total. The van der Waals surface area contributed by atoms with Gasteiger partial charge in [0.25, 0.3) is 0 Å². The number of nitrogens with zero attached hydrogens (tertiary/aromatic N) is 2. The number of unbranched alkanes of at least 4 members (excludes halogenated alkanes) is 4. The molecule has 0 aliphatic rings. The Morgan fingerprint density at radius 1 is 0.490 bits per heavy atom. The van der Waals surface area contributed by atoms with E-state index in [1.54, 1.807) is 0 Å². The third-order valence-electron chi connectivity index (χ3n) is 8.54. The molecule has 280 valence electrons. The zero-order chi connectivity index (χ0) is 36.5. The van der Waals surface area contributed by atoms with Gasteiger partial charge in [-0.1, -0.05) is 63.8 Å². The van der Waals surface area contributed by atoms with Gasteiger partial charge in [-0.05, 0) is 25.7 Å². The van der Waals surface area contributed by atoms with Gasteiger partial charge < -0.3 is 49.2 Å². The maximum Gasteiger partial charge on any atom is 2.00 e. The Bertz CT molecular complexity index is 802. The second-order valence-corrected chi connectivity index (χ2v) is 12.7. The SMILES string of the molecule is CCCC/C=C/CC[N+](CCO)(CCCC(=O)[O-])CCCC(=O)O.CCCC/C=C/CC[N+](CCO)(CCCC(=O)[O-])CCCC(=O)O.[Ca+2]. The summed E-state index contributed by atoms with van der Waals surface area (Å²) in [6, 6.07) is 0. The number of carboxylic acid groups (broad SMARTS) is 4. The normalized spacial score (nSPS) is 13.6. The number of quaternary nitrogens is 2. The molecule has 0 spiro atoms. The van der Waals surface area contributed by atoms with Crippen LogP contribution in [-0.4, -0.2) is 157 Å². The molecule has 0 aromatic carbocycles. The van der Waals surface area contributed by atoms with E-state index in [2.05, 4.69) is 38.2 Å². The Hall–Kier alpha value is -1.54. The first-order valence-electron chi connectivity index (χ1n) is 18.0. The minimum absolute atomic E-state index is 0. The first-order chi connectivity index (χ1) is 22.9. The van der Waals surface area contributed by atoms with Crippen LogP contribution in [0.2, 0.25) is 0 Å². The van der Waals surface area contributed by atoms with Crippen LogP contribution in [0.4, 0.5) is 0 Å². The number of aliphatic carboxylic acids is 4. The molecule has 12 nitrogen and oxygen atoms in total. The molecule has 0 saturated carbocycles. The third-order valence-corrected chi connectivity index (χ3v) is 8.54. The van der Waals surface area contributed by atoms with Crippen LogP contribution < -0.4 is 10.2 Å². The van der Waals surface area contributed by atoms with Crippen molar-refractivity contribution in [1.29, 1.82) is 0 Å². The molecule has 13 heteroatoms. The van der Waals surface area contributed by atoms with Crippen LogP contribution in [0, 0.1) is 0 Å². The molecule has 0 rings (SSSR count). The van der Waals surface area contributed by atoms with Crippen molar-refractivity contribution in [2.45, 2.75) is 117 Å². The van der Waals surface area contributed by atoms with Crippen LogP contribution in [0.25, 0.3) is 0 Å². The van der Waals surface area contributed by atoms with Gasteiger partial charge in [-0.3, -0.25) is 9.59 Å². The minimum Gasteiger partial charge on any atom is -0.550 e. The maximum absolute atomic E-state index is 10.8. The quantitative estimate of drug-likeness (QED) is 0.0346. The van der Waals surface area contributed by atoms with Crippen molar-refractivity contribution in [3.05, 3.63) is 24.3 Å². The Labute approximate surface area is 325 Å². The van der Waals surface area contributed by atoms with Crippen molar-refractivity contribution < 1.29 is 58.8 Å². The zero-order valence-corrected chi connectivity index (χ0v) is 32.7. The summed E-state index contributed by atoms with van der Waals surface area (Å²) in [6.07, 6.45) is 19.3. The van der Waals surface area contributed by atoms with E-state index in [1.807, 2.05) is 0 Å². The van der Waals surface area contributed by atoms with Crippen molar-refractivity contribution in [3.8, 4) is 0 Å². The fraction of sp³-hybridized carbons (Fsp3) is 0.778. The number of rotatable bonds is 32. The maximum atomic E-state index is 10.8. The van der Waals surface area contributed by atoms with E-state index in [1.165, 1.54) is 0 Å². The molecular formula is C36H66CaN2O10+2. The molecule has 0 heterocycles. The van der Waals surface area contributed by atoms with Crippen LogP contribution in [0.5, 0.6) is 0 Å². The van der Waals surface area contributed by atoms with Crippen LogP contribution >= 0.6 is 0 Å². The summed E-state index contributed by atoms with van der Waals surface area (Å²) in [5, 5.41) is 57.8. The summed E-state index contributed by atoms with van der Waals surface area (Å²) in [5.74, 6) is -3.79. The molecule has 0 bridgehead atoms. The molecule has 0 saturated heterocycles. The molecule has 0 amide bonds. The molecule has 2 unspecified atom stereocenters. The first-order valence-corrected chi connectivity index (χ1v) is 18.0. The van der Waals surface area contributed by atoms with Crippen molar-refractivity contribution in [2.75, 3.05) is 65.6 Å². The Balaban J connectivity index is -0.000000846. The van der Waals surface area contributed by atoms with Gasteiger partial charge in [-0.15, -0.1) is 0 Å². The van der Waals surface area contributed by atoms with Gasteiger partial charge in [0, 0.05) is 50.5 Å². The van der Waals surface area contributed by atoms with E-state index < -0.39 is 23.9 Å². The van der Waals surface area contributed by atoms with E-state index in [0.717, 1.165) is 64.5 Å². The minimum atomic E-state index is -1.07. The molecular weight excluding hydrogens is 660 g/mol. The Kier molecular flexibility index (Phi) is 36.9. The summed E-state index contributed by atoms with van der Waals surface area (Å²) in [4.78, 5) is 42.8. The Morgan fingerprint density at radius 3 is 1.06 bits per heavy atom. The first kappa shape index (κ1) is 51.8. The number of hydrogen-bond donors (Lipinski definition) is 4. The fourth-order valence-electron chi connectivity index (χ4n) is 5.83. The number of carbonyl (C=O) groups excluding carboxylic acids is 2. The van der Waals surface area contributed by atoms with Crippen LogP contribution in [0.1, 0.15) is 117 Å². The molecule has 0 aromatic heterocycles. The van der Waals surface area contributed by atoms with Gasteiger partial charge in [0.2, 0.25) is 0 Å². The monoisotopic (exact) mass is 726 g/mol. The molecule has 0 aromatic rings. The summed E-state index contributed by atoms with van der Waals surface area (Å²) in [6.45, 7) is 9.47. The summed E-state index contributed by atoms with van der Waals surface area (Å²) in [7, 11) is 0. The standard InChI is InChI=1S/2C18H33NO5.Ca/c2*1-2-3-4-5-6-7-12-19(15-16-20,13-8-10-17(21)22)14-9-11-18(23)24;/h2*5-6,20H,2-4,7-16H2,1H3,(H-,21,22,23,24);/q;;+2/b2*6-5+;. The van der Waals surface area contributed by atoms with Crippen LogP contribution in [-0.2, 0) is 19.2 Å². The van der Waals surface area contributed by atoms with Gasteiger partial charge >= 0.3 is 49.7 Å². The van der Waals surface area contributed by atoms with Crippen LogP contribution in [0.15, 0.2) is 24.3 Å². The molecule has 0 aliphatic carbocycles. The molecule has 2 atom stereocenters. The van der Waals surface area contributed by atoms with Gasteiger partial charge in [0.1, 0.15) is 13.1 Å². The second-order valence-electron chi connectivity index (χ2n) is 12.7. The number of allylic oxidation sites excluding steroid dienone is 2. The summed E-state index contributed by atoms with van der Waals surface area (Å²) in [5.41, 5.74) is 0. The largest absolute Gasteiger partial charge is 2.00 e. The predicted octanol–water partition coefficient (Wildman–Crippen LogP) is 2.27. The van der Waals surface area contributed by atoms with E-state index in [4.69, 9.17) is 10.2 Å². The van der Waals surface area contributed by atoms with Gasteiger partial charge in [0.15, 0.2) is 0 Å². The topological polar surface area (TPSA) is 195 Å². The number of carbonyl (C=O) groups is 4. The van der Waals surface area contributed by atoms with E-state index in [-0.39, 0.29) is 76.6 Å². The van der Waals surface area contributed by atoms with E-state index in [9.17, 15) is 39.6 Å². The molecule has 49 heavy (non-hydrogen) atoms. The zero-order valence-electron chi connectivity index (χ0n) is 30.5. The average molecular weight is 727 g/mol. The number of aliphatic hydroxyl groups is 2. The number of carboxylic acids is 4. The Morgan fingerprint density at radius 2 is 0.796 bits per heavy atom. The van der Waals surface area contributed by atoms with Crippen molar-refractivity contribution >= 4 is 61.6 Å². The van der Waals surface area contributed by atoms with Crippen LogP contribution in [0.3, 0.4) is 0 Å². The number of hydrogen-bond acceptors (Lipinski definition) is 8. The number of aliphatic hydroxyl groups excluding tert-OH is 2. The van der Waals surface area contributed by atoms with E-state index in [0.29, 0.717) is 73.9 Å². The van der Waals surface area contributed by atoms with Gasteiger partial charge in [0.05, 0.1) is 65.3 Å². The van der Waals surface area contributed by atoms with Crippen molar-refractivity contribution in [1.82, 2.24) is 0 Å². The summed E-state index contributed by atoms with van der Waals surface area (Å²) >= 11 is 0. The second kappa shape index (κ2) is 34.9. The van der Waals surface area contributed by atoms with Crippen molar-refractivity contribution in [3.63, 3.8) is 0 Å². The summed E-state index contributed by atoms with van der Waals surface area (Å²) < 4.78 is 1.13. The smallest absolute Gasteiger partial charge is 0.550 e. The predicted molar refractivity (Wildman–Crippen MR) is 188 cm³/mol. The molecule has 0 radical (unpaired) electrons. The van der Waals surface area contributed by atoms with E-state index >= 15 is 0 Å². The fourth-order valence-corrected chi connectivity index (χ4v) is 5.83. The average Bonchev–Trinajstić information content (AvgIpc) is 3.00.